The van der Waals surface area contributed by atoms with Gasteiger partial charge in [0.2, 0.25) is 0 Å². The van der Waals surface area contributed by atoms with E-state index >= 15 is 0 Å². The molecule has 0 aliphatic heterocycles. The molecule has 0 aromatic heterocycles. The minimum Gasteiger partial charge on any atom is -0.380 e. The predicted molar refractivity (Wildman–Crippen MR) is 113 cm³/mol. The van der Waals surface area contributed by atoms with Crippen LogP contribution in [-0.4, -0.2) is 34.3 Å². The first-order valence-electron chi connectivity index (χ1n) is 9.22. The van der Waals surface area contributed by atoms with E-state index in [1.165, 1.54) is 6.26 Å². The van der Waals surface area contributed by atoms with Gasteiger partial charge in [0, 0.05) is 26.5 Å². The third kappa shape index (κ3) is 6.65. The van der Waals surface area contributed by atoms with Crippen molar-refractivity contribution < 1.29 is 13.2 Å². The van der Waals surface area contributed by atoms with E-state index in [0.717, 1.165) is 28.8 Å². The maximum absolute atomic E-state index is 11.7. The standard InChI is InChI=1S/C21H29N3O3S/c1-5-22-21(23-13-17-7-6-8-19(12-17)15-27-3)24-14-18-9-10-20(16(2)11-18)28(4,25)26/h6-12H,5,13-15H2,1-4H3,(H2,22,23,24). The first-order valence-corrected chi connectivity index (χ1v) is 11.1. The van der Waals surface area contributed by atoms with E-state index in [4.69, 9.17) is 4.74 Å². The first-order chi connectivity index (χ1) is 13.3. The topological polar surface area (TPSA) is 79.8 Å². The first kappa shape index (κ1) is 21.9. The number of guanidine groups is 1. The zero-order chi connectivity index (χ0) is 20.6. The van der Waals surface area contributed by atoms with Gasteiger partial charge in [-0.1, -0.05) is 36.4 Å². The van der Waals surface area contributed by atoms with E-state index in [1.807, 2.05) is 44.2 Å². The third-order valence-electron chi connectivity index (χ3n) is 4.17. The zero-order valence-electron chi connectivity index (χ0n) is 17.0. The number of ether oxygens (including phenoxy) is 1. The summed E-state index contributed by atoms with van der Waals surface area (Å²) in [5, 5.41) is 6.53. The van der Waals surface area contributed by atoms with Gasteiger partial charge in [-0.25, -0.2) is 13.4 Å². The van der Waals surface area contributed by atoms with Gasteiger partial charge in [0.25, 0.3) is 0 Å². The molecular formula is C21H29N3O3S. The summed E-state index contributed by atoms with van der Waals surface area (Å²) in [6, 6.07) is 13.5. The fourth-order valence-corrected chi connectivity index (χ4v) is 3.88. The molecule has 152 valence electrons. The molecule has 2 rings (SSSR count). The molecule has 0 radical (unpaired) electrons. The van der Waals surface area contributed by atoms with Gasteiger partial charge >= 0.3 is 0 Å². The van der Waals surface area contributed by atoms with Gasteiger partial charge in [0.15, 0.2) is 15.8 Å². The molecule has 0 bridgehead atoms. The van der Waals surface area contributed by atoms with Crippen LogP contribution in [0.4, 0.5) is 0 Å². The molecule has 0 heterocycles. The Morgan fingerprint density at radius 3 is 2.46 bits per heavy atom. The molecule has 0 amide bonds. The summed E-state index contributed by atoms with van der Waals surface area (Å²) in [5.41, 5.74) is 3.98. The molecular weight excluding hydrogens is 374 g/mol. The maximum atomic E-state index is 11.7. The van der Waals surface area contributed by atoms with E-state index in [0.29, 0.717) is 30.6 Å². The second kappa shape index (κ2) is 10.2. The molecule has 0 spiro atoms. The minimum absolute atomic E-state index is 0.368. The van der Waals surface area contributed by atoms with E-state index < -0.39 is 9.84 Å². The van der Waals surface area contributed by atoms with Crippen LogP contribution in [0.25, 0.3) is 0 Å². The Kier molecular flexibility index (Phi) is 8.02. The van der Waals surface area contributed by atoms with Crippen LogP contribution in [0.15, 0.2) is 52.4 Å². The Bertz CT molecular complexity index is 924. The number of hydrogen-bond donors (Lipinski definition) is 2. The van der Waals surface area contributed by atoms with Crippen molar-refractivity contribution in [1.29, 1.82) is 0 Å². The quantitative estimate of drug-likeness (QED) is 0.523. The van der Waals surface area contributed by atoms with Crippen molar-refractivity contribution in [3.63, 3.8) is 0 Å². The number of nitrogens with zero attached hydrogens (tertiary/aromatic N) is 1. The summed E-state index contributed by atoms with van der Waals surface area (Å²) < 4.78 is 28.7. The Labute approximate surface area is 168 Å². The fourth-order valence-electron chi connectivity index (χ4n) is 2.92. The van der Waals surface area contributed by atoms with Gasteiger partial charge in [0.05, 0.1) is 18.0 Å². The molecule has 6 nitrogen and oxygen atoms in total. The van der Waals surface area contributed by atoms with E-state index in [-0.39, 0.29) is 0 Å². The van der Waals surface area contributed by atoms with E-state index in [1.54, 1.807) is 13.2 Å². The second-order valence-electron chi connectivity index (χ2n) is 6.67. The summed E-state index contributed by atoms with van der Waals surface area (Å²) in [6.45, 7) is 6.27. The van der Waals surface area contributed by atoms with Crippen molar-refractivity contribution in [3.8, 4) is 0 Å². The average Bonchev–Trinajstić information content (AvgIpc) is 2.63. The summed E-state index contributed by atoms with van der Waals surface area (Å²) in [6.07, 6.45) is 1.23. The van der Waals surface area contributed by atoms with Gasteiger partial charge in [-0.05, 0) is 42.2 Å². The second-order valence-corrected chi connectivity index (χ2v) is 8.66. The lowest BCUT2D eigenvalue weighted by molar-refractivity contribution is 0.185. The van der Waals surface area contributed by atoms with Gasteiger partial charge in [0.1, 0.15) is 0 Å². The number of benzene rings is 2. The highest BCUT2D eigenvalue weighted by atomic mass is 32.2. The molecule has 7 heteroatoms. The van der Waals surface area contributed by atoms with Crippen molar-refractivity contribution in [2.45, 2.75) is 38.4 Å². The van der Waals surface area contributed by atoms with Crippen LogP contribution in [0, 0.1) is 6.92 Å². The molecule has 0 fully saturated rings. The Morgan fingerprint density at radius 2 is 1.82 bits per heavy atom. The lowest BCUT2D eigenvalue weighted by atomic mass is 10.1. The molecule has 2 aromatic carbocycles. The number of aliphatic imine (C=N–C) groups is 1. The van der Waals surface area contributed by atoms with Crippen LogP contribution in [0.5, 0.6) is 0 Å². The van der Waals surface area contributed by atoms with Crippen molar-refractivity contribution in [2.24, 2.45) is 4.99 Å². The predicted octanol–water partition coefficient (Wildman–Crippen LogP) is 2.80. The van der Waals surface area contributed by atoms with Gasteiger partial charge in [-0.3, -0.25) is 0 Å². The van der Waals surface area contributed by atoms with Gasteiger partial charge in [-0.2, -0.15) is 0 Å². The normalized spacial score (nSPS) is 12.1. The Morgan fingerprint density at radius 1 is 1.07 bits per heavy atom. The largest absolute Gasteiger partial charge is 0.380 e. The summed E-state index contributed by atoms with van der Waals surface area (Å²) in [4.78, 5) is 5.01. The minimum atomic E-state index is -3.20. The van der Waals surface area contributed by atoms with Crippen LogP contribution < -0.4 is 10.6 Å². The molecule has 28 heavy (non-hydrogen) atoms. The molecule has 0 aliphatic carbocycles. The van der Waals surface area contributed by atoms with E-state index in [2.05, 4.69) is 21.7 Å². The van der Waals surface area contributed by atoms with Crippen LogP contribution >= 0.6 is 0 Å². The summed E-state index contributed by atoms with van der Waals surface area (Å²) >= 11 is 0. The highest BCUT2D eigenvalue weighted by molar-refractivity contribution is 7.90. The van der Waals surface area contributed by atoms with Crippen molar-refractivity contribution >= 4 is 15.8 Å². The highest BCUT2D eigenvalue weighted by Gasteiger charge is 2.11. The van der Waals surface area contributed by atoms with Crippen molar-refractivity contribution in [2.75, 3.05) is 19.9 Å². The SMILES string of the molecule is CCNC(=NCc1cccc(COC)c1)NCc1ccc(S(C)(=O)=O)c(C)c1. The van der Waals surface area contributed by atoms with Crippen LogP contribution in [-0.2, 0) is 34.3 Å². The smallest absolute Gasteiger partial charge is 0.191 e. The average molecular weight is 404 g/mol. The van der Waals surface area contributed by atoms with Crippen LogP contribution in [0.1, 0.15) is 29.2 Å². The summed E-state index contributed by atoms with van der Waals surface area (Å²) in [5.74, 6) is 0.712. The van der Waals surface area contributed by atoms with Crippen LogP contribution in [0.2, 0.25) is 0 Å². The number of hydrogen-bond acceptors (Lipinski definition) is 4. The number of methoxy groups -OCH3 is 1. The molecule has 0 atom stereocenters. The molecule has 2 N–H and O–H groups in total. The molecule has 0 saturated heterocycles. The number of sulfone groups is 1. The third-order valence-corrected chi connectivity index (χ3v) is 5.42. The summed E-state index contributed by atoms with van der Waals surface area (Å²) in [7, 11) is -1.52. The van der Waals surface area contributed by atoms with Crippen molar-refractivity contribution in [1.82, 2.24) is 10.6 Å². The molecule has 0 unspecified atom stereocenters. The number of rotatable bonds is 8. The van der Waals surface area contributed by atoms with Gasteiger partial charge in [-0.15, -0.1) is 0 Å². The fraction of sp³-hybridized carbons (Fsp3) is 0.381. The molecule has 0 saturated carbocycles. The lowest BCUT2D eigenvalue weighted by Crippen LogP contribution is -2.36. The molecule has 0 aliphatic rings. The van der Waals surface area contributed by atoms with Crippen LogP contribution in [0.3, 0.4) is 0 Å². The number of nitrogens with one attached hydrogen (secondary N) is 2. The van der Waals surface area contributed by atoms with Gasteiger partial charge < -0.3 is 15.4 Å². The lowest BCUT2D eigenvalue weighted by Gasteiger charge is -2.13. The molecule has 2 aromatic rings. The van der Waals surface area contributed by atoms with Crippen molar-refractivity contribution in [3.05, 3.63) is 64.7 Å². The maximum Gasteiger partial charge on any atom is 0.191 e. The van der Waals surface area contributed by atoms with E-state index in [9.17, 15) is 8.42 Å². The zero-order valence-corrected chi connectivity index (χ0v) is 17.8. The Balaban J connectivity index is 2.05. The Hall–Kier alpha value is -2.38. The number of aryl methyl sites for hydroxylation is 1. The highest BCUT2D eigenvalue weighted by Crippen LogP contribution is 2.16. The monoisotopic (exact) mass is 403 g/mol.